The summed E-state index contributed by atoms with van der Waals surface area (Å²) in [7, 11) is 0. The number of ether oxygens (including phenoxy) is 1. The molecule has 2 nitrogen and oxygen atoms in total. The van der Waals surface area contributed by atoms with E-state index in [2.05, 4.69) is 18.8 Å². The summed E-state index contributed by atoms with van der Waals surface area (Å²) in [5, 5.41) is 3.45. The largest absolute Gasteiger partial charge is 0.381 e. The zero-order valence-corrected chi connectivity index (χ0v) is 8.64. The molecular formula is C11H21NO. The smallest absolute Gasteiger partial charge is 0.0469 e. The molecule has 0 spiro atoms. The molecule has 1 fully saturated rings. The van der Waals surface area contributed by atoms with Crippen LogP contribution < -0.4 is 5.32 Å². The molecule has 0 atom stereocenters. The van der Waals surface area contributed by atoms with Crippen molar-refractivity contribution in [1.82, 2.24) is 5.32 Å². The van der Waals surface area contributed by atoms with E-state index in [0.29, 0.717) is 0 Å². The fourth-order valence-corrected chi connectivity index (χ4v) is 1.53. The molecule has 0 aromatic carbocycles. The fourth-order valence-electron chi connectivity index (χ4n) is 1.53. The second-order valence-electron chi connectivity index (χ2n) is 3.79. The normalized spacial score (nSPS) is 18.8. The van der Waals surface area contributed by atoms with Crippen LogP contribution >= 0.6 is 0 Å². The van der Waals surface area contributed by atoms with Crippen molar-refractivity contribution in [3.8, 4) is 0 Å². The van der Waals surface area contributed by atoms with Gasteiger partial charge in [-0.25, -0.2) is 0 Å². The summed E-state index contributed by atoms with van der Waals surface area (Å²) in [5.74, 6) is 0.818. The SMILES string of the molecule is C=C(CC)CNCC1CCOCC1. The minimum absolute atomic E-state index is 0.818. The Bertz CT molecular complexity index is 150. The van der Waals surface area contributed by atoms with Gasteiger partial charge in [0, 0.05) is 19.8 Å². The molecule has 0 unspecified atom stereocenters. The quantitative estimate of drug-likeness (QED) is 0.658. The van der Waals surface area contributed by atoms with Crippen LogP contribution in [0.25, 0.3) is 0 Å². The average Bonchev–Trinajstić information content (AvgIpc) is 2.19. The molecule has 0 aromatic rings. The van der Waals surface area contributed by atoms with Gasteiger partial charge in [0.25, 0.3) is 0 Å². The Balaban J connectivity index is 2.01. The first-order chi connectivity index (χ1) is 6.33. The molecule has 1 rings (SSSR count). The maximum absolute atomic E-state index is 5.30. The highest BCUT2D eigenvalue weighted by atomic mass is 16.5. The zero-order valence-electron chi connectivity index (χ0n) is 8.64. The molecule has 1 heterocycles. The molecule has 13 heavy (non-hydrogen) atoms. The third-order valence-corrected chi connectivity index (χ3v) is 2.65. The van der Waals surface area contributed by atoms with Crippen molar-refractivity contribution in [2.75, 3.05) is 26.3 Å². The van der Waals surface area contributed by atoms with E-state index in [9.17, 15) is 0 Å². The third kappa shape index (κ3) is 4.44. The van der Waals surface area contributed by atoms with Gasteiger partial charge in [0.15, 0.2) is 0 Å². The molecule has 0 aliphatic carbocycles. The van der Waals surface area contributed by atoms with Crippen LogP contribution in [-0.4, -0.2) is 26.3 Å². The first-order valence-electron chi connectivity index (χ1n) is 5.28. The van der Waals surface area contributed by atoms with E-state index in [-0.39, 0.29) is 0 Å². The molecule has 0 aromatic heterocycles. The highest BCUT2D eigenvalue weighted by Crippen LogP contribution is 2.13. The van der Waals surface area contributed by atoms with E-state index in [1.165, 1.54) is 18.4 Å². The Morgan fingerprint density at radius 3 is 2.77 bits per heavy atom. The Morgan fingerprint density at radius 2 is 2.15 bits per heavy atom. The zero-order chi connectivity index (χ0) is 9.52. The predicted molar refractivity (Wildman–Crippen MR) is 55.8 cm³/mol. The van der Waals surface area contributed by atoms with Crippen LogP contribution in [0.1, 0.15) is 26.2 Å². The lowest BCUT2D eigenvalue weighted by atomic mass is 10.0. The molecule has 2 heteroatoms. The molecule has 0 radical (unpaired) electrons. The molecule has 0 amide bonds. The Kier molecular flexibility index (Phi) is 5.09. The second kappa shape index (κ2) is 6.17. The van der Waals surface area contributed by atoms with Crippen molar-refractivity contribution in [2.24, 2.45) is 5.92 Å². The van der Waals surface area contributed by atoms with Crippen molar-refractivity contribution in [3.05, 3.63) is 12.2 Å². The van der Waals surface area contributed by atoms with E-state index in [1.54, 1.807) is 0 Å². The number of hydrogen-bond donors (Lipinski definition) is 1. The number of hydrogen-bond acceptors (Lipinski definition) is 2. The van der Waals surface area contributed by atoms with Crippen LogP contribution in [0.3, 0.4) is 0 Å². The summed E-state index contributed by atoms with van der Waals surface area (Å²) in [5.41, 5.74) is 1.30. The van der Waals surface area contributed by atoms with E-state index >= 15 is 0 Å². The van der Waals surface area contributed by atoms with Crippen LogP contribution in [-0.2, 0) is 4.74 Å². The van der Waals surface area contributed by atoms with Gasteiger partial charge in [-0.2, -0.15) is 0 Å². The molecule has 1 aliphatic rings. The summed E-state index contributed by atoms with van der Waals surface area (Å²) < 4.78 is 5.30. The first kappa shape index (κ1) is 10.7. The molecule has 0 bridgehead atoms. The van der Waals surface area contributed by atoms with Crippen LogP contribution in [0.4, 0.5) is 0 Å². The van der Waals surface area contributed by atoms with E-state index in [0.717, 1.165) is 38.6 Å². The van der Waals surface area contributed by atoms with Crippen LogP contribution in [0.5, 0.6) is 0 Å². The van der Waals surface area contributed by atoms with Crippen molar-refractivity contribution in [2.45, 2.75) is 26.2 Å². The molecule has 1 aliphatic heterocycles. The van der Waals surface area contributed by atoms with Crippen molar-refractivity contribution in [3.63, 3.8) is 0 Å². The summed E-state index contributed by atoms with van der Waals surface area (Å²) >= 11 is 0. The fraction of sp³-hybridized carbons (Fsp3) is 0.818. The van der Waals surface area contributed by atoms with Gasteiger partial charge in [0.05, 0.1) is 0 Å². The topological polar surface area (TPSA) is 21.3 Å². The van der Waals surface area contributed by atoms with Gasteiger partial charge in [-0.05, 0) is 31.7 Å². The van der Waals surface area contributed by atoms with Crippen LogP contribution in [0, 0.1) is 5.92 Å². The molecule has 76 valence electrons. The number of rotatable bonds is 5. The van der Waals surface area contributed by atoms with E-state index < -0.39 is 0 Å². The molecule has 1 N–H and O–H groups in total. The maximum Gasteiger partial charge on any atom is 0.0469 e. The second-order valence-corrected chi connectivity index (χ2v) is 3.79. The summed E-state index contributed by atoms with van der Waals surface area (Å²) in [6.07, 6.45) is 3.51. The summed E-state index contributed by atoms with van der Waals surface area (Å²) in [4.78, 5) is 0. The third-order valence-electron chi connectivity index (χ3n) is 2.65. The number of nitrogens with one attached hydrogen (secondary N) is 1. The van der Waals surface area contributed by atoms with Gasteiger partial charge in [-0.1, -0.05) is 19.1 Å². The predicted octanol–water partition coefficient (Wildman–Crippen LogP) is 1.97. The van der Waals surface area contributed by atoms with Gasteiger partial charge >= 0.3 is 0 Å². The lowest BCUT2D eigenvalue weighted by Crippen LogP contribution is -2.28. The average molecular weight is 183 g/mol. The van der Waals surface area contributed by atoms with Gasteiger partial charge < -0.3 is 10.1 Å². The van der Waals surface area contributed by atoms with Crippen molar-refractivity contribution < 1.29 is 4.74 Å². The van der Waals surface area contributed by atoms with Gasteiger partial charge in [-0.15, -0.1) is 0 Å². The lowest BCUT2D eigenvalue weighted by molar-refractivity contribution is 0.0665. The molecular weight excluding hydrogens is 162 g/mol. The van der Waals surface area contributed by atoms with E-state index in [4.69, 9.17) is 4.74 Å². The van der Waals surface area contributed by atoms with E-state index in [1.807, 2.05) is 0 Å². The highest BCUT2D eigenvalue weighted by molar-refractivity contribution is 4.94. The van der Waals surface area contributed by atoms with Crippen LogP contribution in [0.2, 0.25) is 0 Å². The Labute approximate surface area is 81.4 Å². The summed E-state index contributed by atoms with van der Waals surface area (Å²) in [6.45, 7) is 10.1. The molecule has 0 saturated carbocycles. The maximum atomic E-state index is 5.30. The Hall–Kier alpha value is -0.340. The minimum atomic E-state index is 0.818. The first-order valence-corrected chi connectivity index (χ1v) is 5.28. The lowest BCUT2D eigenvalue weighted by Gasteiger charge is -2.22. The highest BCUT2D eigenvalue weighted by Gasteiger charge is 2.12. The van der Waals surface area contributed by atoms with Gasteiger partial charge in [0.1, 0.15) is 0 Å². The standard InChI is InChI=1S/C11H21NO/c1-3-10(2)8-12-9-11-4-6-13-7-5-11/h11-12H,2-9H2,1H3. The summed E-state index contributed by atoms with van der Waals surface area (Å²) in [6, 6.07) is 0. The van der Waals surface area contributed by atoms with Crippen molar-refractivity contribution >= 4 is 0 Å². The minimum Gasteiger partial charge on any atom is -0.381 e. The van der Waals surface area contributed by atoms with Gasteiger partial charge in [0.2, 0.25) is 0 Å². The molecule has 1 saturated heterocycles. The van der Waals surface area contributed by atoms with Crippen molar-refractivity contribution in [1.29, 1.82) is 0 Å². The Morgan fingerprint density at radius 1 is 1.46 bits per heavy atom. The van der Waals surface area contributed by atoms with Crippen LogP contribution in [0.15, 0.2) is 12.2 Å². The monoisotopic (exact) mass is 183 g/mol. The van der Waals surface area contributed by atoms with Gasteiger partial charge in [-0.3, -0.25) is 0 Å².